The van der Waals surface area contributed by atoms with Crippen LogP contribution in [0.5, 0.6) is 11.5 Å². The van der Waals surface area contributed by atoms with Crippen molar-refractivity contribution in [2.45, 2.75) is 32.3 Å². The Morgan fingerprint density at radius 3 is 2.51 bits per heavy atom. The van der Waals surface area contributed by atoms with Crippen LogP contribution in [0.2, 0.25) is 0 Å². The van der Waals surface area contributed by atoms with Crippen LogP contribution in [-0.2, 0) is 11.4 Å². The van der Waals surface area contributed by atoms with Crippen LogP contribution < -0.4 is 20.3 Å². The van der Waals surface area contributed by atoms with Crippen LogP contribution in [-0.4, -0.2) is 48.2 Å². The molecule has 1 aliphatic heterocycles. The first-order valence-corrected chi connectivity index (χ1v) is 14.0. The minimum Gasteiger partial charge on any atom is -0.493 e. The van der Waals surface area contributed by atoms with Crippen LogP contribution in [0.25, 0.3) is 16.6 Å². The Labute approximate surface area is 240 Å². The third-order valence-electron chi connectivity index (χ3n) is 7.09. The van der Waals surface area contributed by atoms with Crippen LogP contribution >= 0.6 is 0 Å². The van der Waals surface area contributed by atoms with E-state index in [1.165, 1.54) is 50.8 Å². The van der Waals surface area contributed by atoms with E-state index in [-0.39, 0.29) is 12.4 Å². The Bertz CT molecular complexity index is 1440. The van der Waals surface area contributed by atoms with E-state index in [4.69, 9.17) is 14.3 Å². The van der Waals surface area contributed by atoms with E-state index in [1.807, 2.05) is 36.4 Å². The minimum absolute atomic E-state index is 0.276. The fourth-order valence-corrected chi connectivity index (χ4v) is 4.83. The predicted octanol–water partition coefficient (Wildman–Crippen LogP) is 6.47. The zero-order valence-electron chi connectivity index (χ0n) is 23.4. The van der Waals surface area contributed by atoms with Gasteiger partial charge in [0.15, 0.2) is 11.5 Å². The summed E-state index contributed by atoms with van der Waals surface area (Å²) in [5, 5.41) is 4.20. The van der Waals surface area contributed by atoms with E-state index in [2.05, 4.69) is 32.2 Å². The van der Waals surface area contributed by atoms with Crippen LogP contribution in [0.4, 0.5) is 15.9 Å². The zero-order chi connectivity index (χ0) is 28.4. The van der Waals surface area contributed by atoms with Crippen LogP contribution in [0, 0.1) is 5.82 Å². The molecular weight excluding hydrogens is 521 g/mol. The quantitative estimate of drug-likeness (QED) is 0.143. The highest BCUT2D eigenvalue weighted by atomic mass is 19.1. The average Bonchev–Trinajstić information content (AvgIpc) is 3.01. The van der Waals surface area contributed by atoms with E-state index >= 15 is 0 Å². The SMILES string of the molecule is C=C(NOCc1ccc(F)cc1)c1ccc(Nc2ncnc3cc(OCCCN4CCCCC4)c(OC)cc23)cc1. The van der Waals surface area contributed by atoms with Crippen molar-refractivity contribution in [2.24, 2.45) is 0 Å². The number of likely N-dealkylation sites (tertiary alicyclic amines) is 1. The molecule has 214 valence electrons. The Morgan fingerprint density at radius 2 is 1.76 bits per heavy atom. The molecule has 5 rings (SSSR count). The number of aromatic nitrogens is 2. The molecule has 1 saturated heterocycles. The van der Waals surface area contributed by atoms with Crippen LogP contribution in [0.15, 0.2) is 73.6 Å². The van der Waals surface area contributed by atoms with Crippen molar-refractivity contribution >= 4 is 28.1 Å². The number of ether oxygens (including phenoxy) is 2. The largest absolute Gasteiger partial charge is 0.493 e. The van der Waals surface area contributed by atoms with Gasteiger partial charge in [-0.25, -0.2) is 14.4 Å². The van der Waals surface area contributed by atoms with Crippen LogP contribution in [0.3, 0.4) is 0 Å². The van der Waals surface area contributed by atoms with E-state index in [0.29, 0.717) is 29.6 Å². The lowest BCUT2D eigenvalue weighted by molar-refractivity contribution is 0.0648. The Kier molecular flexibility index (Phi) is 9.61. The van der Waals surface area contributed by atoms with Gasteiger partial charge in [0, 0.05) is 23.7 Å². The molecule has 3 aromatic carbocycles. The molecule has 1 aromatic heterocycles. The number of hydrogen-bond acceptors (Lipinski definition) is 8. The molecule has 4 aromatic rings. The van der Waals surface area contributed by atoms with Gasteiger partial charge >= 0.3 is 0 Å². The van der Waals surface area contributed by atoms with E-state index in [0.717, 1.165) is 40.7 Å². The fraction of sp³-hybridized carbons (Fsp3) is 0.312. The van der Waals surface area contributed by atoms with Crippen LogP contribution in [0.1, 0.15) is 36.8 Å². The molecule has 8 nitrogen and oxygen atoms in total. The first kappa shape index (κ1) is 28.3. The maximum Gasteiger partial charge on any atom is 0.163 e. The highest BCUT2D eigenvalue weighted by molar-refractivity contribution is 5.93. The van der Waals surface area contributed by atoms with E-state index < -0.39 is 0 Å². The van der Waals surface area contributed by atoms with Gasteiger partial charge in [-0.3, -0.25) is 10.3 Å². The van der Waals surface area contributed by atoms with Crippen molar-refractivity contribution < 1.29 is 18.7 Å². The Balaban J connectivity index is 1.18. The molecule has 0 amide bonds. The molecule has 2 N–H and O–H groups in total. The standard InChI is InChI=1S/C32H36FN5O3/c1-23(37-41-21-24-7-11-26(33)12-8-24)25-9-13-27(14-10-25)36-32-28-19-30(39-2)31(20-29(28)34-22-35-32)40-18-6-17-38-15-4-3-5-16-38/h7-14,19-20,22,37H,1,3-6,15-18,21H2,2H3,(H,34,35,36). The van der Waals surface area contributed by atoms with Crippen molar-refractivity contribution in [2.75, 3.05) is 38.7 Å². The monoisotopic (exact) mass is 557 g/mol. The third-order valence-corrected chi connectivity index (χ3v) is 7.09. The number of nitrogens with one attached hydrogen (secondary N) is 2. The van der Waals surface area contributed by atoms with E-state index in [9.17, 15) is 4.39 Å². The molecular formula is C32H36FN5O3. The number of fused-ring (bicyclic) bond motifs is 1. The summed E-state index contributed by atoms with van der Waals surface area (Å²) in [6, 6.07) is 17.7. The molecule has 0 atom stereocenters. The molecule has 0 aliphatic carbocycles. The van der Waals surface area contributed by atoms with Crippen molar-refractivity contribution in [1.29, 1.82) is 0 Å². The number of rotatable bonds is 13. The molecule has 1 fully saturated rings. The molecule has 0 radical (unpaired) electrons. The highest BCUT2D eigenvalue weighted by Gasteiger charge is 2.13. The van der Waals surface area contributed by atoms with Gasteiger partial charge in [0.05, 0.1) is 31.5 Å². The number of anilines is 2. The van der Waals surface area contributed by atoms with Gasteiger partial charge in [0.1, 0.15) is 18.0 Å². The van der Waals surface area contributed by atoms with Gasteiger partial charge in [-0.2, -0.15) is 0 Å². The normalized spacial score (nSPS) is 13.6. The van der Waals surface area contributed by atoms with Crippen molar-refractivity contribution in [1.82, 2.24) is 20.3 Å². The van der Waals surface area contributed by atoms with E-state index in [1.54, 1.807) is 19.2 Å². The summed E-state index contributed by atoms with van der Waals surface area (Å²) in [7, 11) is 1.64. The van der Waals surface area contributed by atoms with Gasteiger partial charge in [-0.15, -0.1) is 0 Å². The van der Waals surface area contributed by atoms with Crippen molar-refractivity contribution in [3.05, 3.63) is 90.5 Å². The maximum absolute atomic E-state index is 13.1. The number of piperidine rings is 1. The number of methoxy groups -OCH3 is 1. The second kappa shape index (κ2) is 13.9. The summed E-state index contributed by atoms with van der Waals surface area (Å²) < 4.78 is 24.8. The van der Waals surface area contributed by atoms with Gasteiger partial charge in [-0.05, 0) is 73.8 Å². The summed E-state index contributed by atoms with van der Waals surface area (Å²) in [5.41, 5.74) is 6.80. The summed E-state index contributed by atoms with van der Waals surface area (Å²) >= 11 is 0. The molecule has 1 aliphatic rings. The number of hydrogen-bond donors (Lipinski definition) is 2. The molecule has 41 heavy (non-hydrogen) atoms. The maximum atomic E-state index is 13.1. The second-order valence-electron chi connectivity index (χ2n) is 10.0. The van der Waals surface area contributed by atoms with Crippen molar-refractivity contribution in [3.8, 4) is 11.5 Å². The minimum atomic E-state index is -0.276. The summed E-state index contributed by atoms with van der Waals surface area (Å²) in [6.45, 7) is 8.38. The molecule has 2 heterocycles. The zero-order valence-corrected chi connectivity index (χ0v) is 23.4. The summed E-state index contributed by atoms with van der Waals surface area (Å²) in [5.74, 6) is 1.71. The van der Waals surface area contributed by atoms with Crippen molar-refractivity contribution in [3.63, 3.8) is 0 Å². The second-order valence-corrected chi connectivity index (χ2v) is 10.0. The van der Waals surface area contributed by atoms with Gasteiger partial charge < -0.3 is 19.7 Å². The molecule has 0 saturated carbocycles. The third kappa shape index (κ3) is 7.71. The van der Waals surface area contributed by atoms with Gasteiger partial charge in [0.2, 0.25) is 0 Å². The van der Waals surface area contributed by atoms with Gasteiger partial charge in [0.25, 0.3) is 0 Å². The lowest BCUT2D eigenvalue weighted by atomic mass is 10.1. The first-order chi connectivity index (χ1) is 20.1. The molecule has 0 bridgehead atoms. The first-order valence-electron chi connectivity index (χ1n) is 14.0. The number of hydroxylamine groups is 1. The molecule has 9 heteroatoms. The number of halogens is 1. The molecule has 0 unspecified atom stereocenters. The Hall–Kier alpha value is -4.21. The Morgan fingerprint density at radius 1 is 0.976 bits per heavy atom. The molecule has 0 spiro atoms. The smallest absolute Gasteiger partial charge is 0.163 e. The lowest BCUT2D eigenvalue weighted by Gasteiger charge is -2.26. The predicted molar refractivity (Wildman–Crippen MR) is 160 cm³/mol. The summed E-state index contributed by atoms with van der Waals surface area (Å²) in [4.78, 5) is 17.0. The lowest BCUT2D eigenvalue weighted by Crippen LogP contribution is -2.31. The summed E-state index contributed by atoms with van der Waals surface area (Å²) in [6.07, 6.45) is 6.43. The average molecular weight is 558 g/mol. The highest BCUT2D eigenvalue weighted by Crippen LogP contribution is 2.35. The topological polar surface area (TPSA) is 80.8 Å². The number of benzene rings is 3. The fourth-order valence-electron chi connectivity index (χ4n) is 4.83. The van der Waals surface area contributed by atoms with Gasteiger partial charge in [-0.1, -0.05) is 37.3 Å². The number of nitrogens with zero attached hydrogens (tertiary/aromatic N) is 3.